The third kappa shape index (κ3) is 2.36. The van der Waals surface area contributed by atoms with Crippen LogP contribution in [-0.2, 0) is 0 Å². The van der Waals surface area contributed by atoms with Gasteiger partial charge in [0.2, 0.25) is 0 Å². The normalized spacial score (nSPS) is 20.1. The average Bonchev–Trinajstić information content (AvgIpc) is 2.83. The van der Waals surface area contributed by atoms with Crippen molar-refractivity contribution in [3.8, 4) is 11.5 Å². The number of rotatable bonds is 3. The van der Waals surface area contributed by atoms with Crippen molar-refractivity contribution in [1.29, 1.82) is 0 Å². The first kappa shape index (κ1) is 13.9. The van der Waals surface area contributed by atoms with Crippen LogP contribution in [0.2, 0.25) is 0 Å². The van der Waals surface area contributed by atoms with Crippen LogP contribution in [0.25, 0.3) is 0 Å². The first-order valence-corrected chi connectivity index (χ1v) is 6.99. The zero-order valence-corrected chi connectivity index (χ0v) is 13.0. The van der Waals surface area contributed by atoms with Gasteiger partial charge in [0.05, 0.1) is 26.0 Å². The molecule has 1 unspecified atom stereocenters. The summed E-state index contributed by atoms with van der Waals surface area (Å²) in [5.41, 5.74) is 3.42. The van der Waals surface area contributed by atoms with E-state index in [9.17, 15) is 0 Å². The van der Waals surface area contributed by atoms with Crippen LogP contribution in [0.1, 0.15) is 11.6 Å². The molecule has 1 aromatic carbocycles. The number of benzene rings is 1. The number of hydrogen-bond acceptors (Lipinski definition) is 4. The number of fused-ring (bicyclic) bond motifs is 1. The molecule has 0 N–H and O–H groups in total. The van der Waals surface area contributed by atoms with Crippen LogP contribution in [0, 0.1) is 0 Å². The Morgan fingerprint density at radius 2 is 1.90 bits per heavy atom. The minimum absolute atomic E-state index is 0.152. The first-order chi connectivity index (χ1) is 10.1. The SMILES string of the molecule is COc1ccc(C2C=C3C=CN(Cl)C=C3N2C)cc1OC. The predicted molar refractivity (Wildman–Crippen MR) is 83.0 cm³/mol. The van der Waals surface area contributed by atoms with E-state index in [0.717, 1.165) is 22.8 Å². The third-order valence-electron chi connectivity index (χ3n) is 3.82. The van der Waals surface area contributed by atoms with Crippen LogP contribution in [-0.4, -0.2) is 30.6 Å². The Balaban J connectivity index is 1.97. The number of ether oxygens (including phenoxy) is 2. The van der Waals surface area contributed by atoms with Gasteiger partial charge < -0.3 is 14.4 Å². The van der Waals surface area contributed by atoms with Crippen molar-refractivity contribution in [2.45, 2.75) is 6.04 Å². The molecule has 0 fully saturated rings. The highest BCUT2D eigenvalue weighted by Crippen LogP contribution is 2.40. The molecule has 0 aliphatic carbocycles. The lowest BCUT2D eigenvalue weighted by Gasteiger charge is -2.26. The van der Waals surface area contributed by atoms with Crippen molar-refractivity contribution >= 4 is 11.8 Å². The number of likely N-dealkylation sites (N-methyl/N-ethyl adjacent to an activating group) is 1. The zero-order chi connectivity index (χ0) is 15.0. The number of allylic oxidation sites excluding steroid dienone is 1. The van der Waals surface area contributed by atoms with E-state index < -0.39 is 0 Å². The topological polar surface area (TPSA) is 24.9 Å². The molecule has 0 bridgehead atoms. The number of nitrogens with zero attached hydrogens (tertiary/aromatic N) is 2. The molecule has 0 amide bonds. The number of hydrogen-bond donors (Lipinski definition) is 0. The lowest BCUT2D eigenvalue weighted by molar-refractivity contribution is 0.350. The van der Waals surface area contributed by atoms with Gasteiger partial charge in [-0.1, -0.05) is 6.07 Å². The van der Waals surface area contributed by atoms with Crippen molar-refractivity contribution in [3.05, 3.63) is 59.6 Å². The molecule has 0 saturated heterocycles. The van der Waals surface area contributed by atoms with Crippen LogP contribution < -0.4 is 9.47 Å². The maximum atomic E-state index is 6.01. The van der Waals surface area contributed by atoms with Gasteiger partial charge in [-0.15, -0.1) is 0 Å². The van der Waals surface area contributed by atoms with Crippen LogP contribution >= 0.6 is 11.8 Å². The summed E-state index contributed by atoms with van der Waals surface area (Å²) < 4.78 is 12.2. The van der Waals surface area contributed by atoms with Gasteiger partial charge in [-0.25, -0.2) is 0 Å². The quantitative estimate of drug-likeness (QED) is 0.799. The van der Waals surface area contributed by atoms with E-state index in [1.54, 1.807) is 18.6 Å². The van der Waals surface area contributed by atoms with E-state index in [2.05, 4.69) is 24.1 Å². The summed E-state index contributed by atoms with van der Waals surface area (Å²) in [6.07, 6.45) is 7.98. The predicted octanol–water partition coefficient (Wildman–Crippen LogP) is 3.44. The molecule has 3 rings (SSSR count). The number of methoxy groups -OCH3 is 2. The van der Waals surface area contributed by atoms with Crippen molar-refractivity contribution in [2.75, 3.05) is 21.3 Å². The largest absolute Gasteiger partial charge is 0.493 e. The molecule has 0 spiro atoms. The van der Waals surface area contributed by atoms with Gasteiger partial charge in [-0.05, 0) is 35.4 Å². The van der Waals surface area contributed by atoms with E-state index in [4.69, 9.17) is 21.3 Å². The molecule has 0 saturated carbocycles. The molecule has 21 heavy (non-hydrogen) atoms. The van der Waals surface area contributed by atoms with Gasteiger partial charge in [-0.2, -0.15) is 0 Å². The average molecular weight is 305 g/mol. The lowest BCUT2D eigenvalue weighted by Crippen LogP contribution is -2.19. The minimum Gasteiger partial charge on any atom is -0.493 e. The van der Waals surface area contributed by atoms with Crippen molar-refractivity contribution in [3.63, 3.8) is 0 Å². The summed E-state index contributed by atoms with van der Waals surface area (Å²) in [5, 5.41) is 0. The fraction of sp³-hybridized carbons (Fsp3) is 0.250. The van der Waals surface area contributed by atoms with Gasteiger partial charge in [0, 0.05) is 31.2 Å². The number of halogens is 1. The Morgan fingerprint density at radius 1 is 1.14 bits per heavy atom. The van der Waals surface area contributed by atoms with E-state index in [1.807, 2.05) is 30.6 Å². The maximum Gasteiger partial charge on any atom is 0.161 e. The Kier molecular flexibility index (Phi) is 3.55. The van der Waals surface area contributed by atoms with Gasteiger partial charge in [0.25, 0.3) is 0 Å². The summed E-state index contributed by atoms with van der Waals surface area (Å²) in [4.78, 5) is 2.19. The highest BCUT2D eigenvalue weighted by atomic mass is 35.5. The monoisotopic (exact) mass is 304 g/mol. The Morgan fingerprint density at radius 3 is 2.62 bits per heavy atom. The molecule has 1 aromatic rings. The lowest BCUT2D eigenvalue weighted by atomic mass is 10.1. The van der Waals surface area contributed by atoms with E-state index in [-0.39, 0.29) is 6.04 Å². The molecule has 2 aliphatic heterocycles. The van der Waals surface area contributed by atoms with Crippen molar-refractivity contribution < 1.29 is 9.47 Å². The van der Waals surface area contributed by atoms with Gasteiger partial charge in [-0.3, -0.25) is 4.42 Å². The van der Waals surface area contributed by atoms with Gasteiger partial charge >= 0.3 is 0 Å². The van der Waals surface area contributed by atoms with Crippen LogP contribution in [0.5, 0.6) is 11.5 Å². The second-order valence-corrected chi connectivity index (χ2v) is 5.36. The standard InChI is InChI=1S/C16H17ClN2O2/c1-18-13(8-12-6-7-19(17)10-14(12)18)11-4-5-15(20-2)16(9-11)21-3/h4-10,13H,1-3H3. The van der Waals surface area contributed by atoms with E-state index >= 15 is 0 Å². The Labute approximate surface area is 129 Å². The Bertz CT molecular complexity index is 652. The summed E-state index contributed by atoms with van der Waals surface area (Å²) in [6, 6.07) is 6.15. The highest BCUT2D eigenvalue weighted by Gasteiger charge is 2.28. The van der Waals surface area contributed by atoms with Crippen molar-refractivity contribution in [2.24, 2.45) is 0 Å². The minimum atomic E-state index is 0.152. The fourth-order valence-corrected chi connectivity index (χ4v) is 2.84. The summed E-state index contributed by atoms with van der Waals surface area (Å²) in [7, 11) is 5.34. The molecule has 4 nitrogen and oxygen atoms in total. The second-order valence-electron chi connectivity index (χ2n) is 4.97. The molecule has 2 aliphatic rings. The zero-order valence-electron chi connectivity index (χ0n) is 12.2. The molecular weight excluding hydrogens is 288 g/mol. The summed E-state index contributed by atoms with van der Waals surface area (Å²) in [6.45, 7) is 0. The van der Waals surface area contributed by atoms with Gasteiger partial charge in [0.15, 0.2) is 11.5 Å². The first-order valence-electron chi connectivity index (χ1n) is 6.65. The molecule has 2 heterocycles. The summed E-state index contributed by atoms with van der Waals surface area (Å²) >= 11 is 6.01. The smallest absolute Gasteiger partial charge is 0.161 e. The van der Waals surface area contributed by atoms with Crippen LogP contribution in [0.15, 0.2) is 54.0 Å². The molecule has 110 valence electrons. The van der Waals surface area contributed by atoms with E-state index in [0.29, 0.717) is 0 Å². The highest BCUT2D eigenvalue weighted by molar-refractivity contribution is 6.14. The van der Waals surface area contributed by atoms with Crippen LogP contribution in [0.4, 0.5) is 0 Å². The van der Waals surface area contributed by atoms with Gasteiger partial charge in [0.1, 0.15) is 0 Å². The fourth-order valence-electron chi connectivity index (χ4n) is 2.70. The second kappa shape index (κ2) is 5.37. The molecule has 1 atom stereocenters. The summed E-state index contributed by atoms with van der Waals surface area (Å²) in [5.74, 6) is 1.47. The Hall–Kier alpha value is -2.07. The molecular formula is C16H17ClN2O2. The van der Waals surface area contributed by atoms with E-state index in [1.165, 1.54) is 5.57 Å². The maximum absolute atomic E-state index is 6.01. The van der Waals surface area contributed by atoms with Crippen molar-refractivity contribution in [1.82, 2.24) is 9.32 Å². The molecule has 0 radical (unpaired) electrons. The molecule has 0 aromatic heterocycles. The third-order valence-corrected chi connectivity index (χ3v) is 4.03. The molecule has 5 heteroatoms. The van der Waals surface area contributed by atoms with Crippen LogP contribution in [0.3, 0.4) is 0 Å².